The molecule has 0 aromatic heterocycles. The molecule has 1 fully saturated rings. The molecule has 1 aliphatic carbocycles. The molecule has 0 aromatic rings. The fourth-order valence-corrected chi connectivity index (χ4v) is 1.48. The molecular formula is C9H16N2O2S. The summed E-state index contributed by atoms with van der Waals surface area (Å²) in [5, 5.41) is 2.68. The molecule has 4 nitrogen and oxygen atoms in total. The fourth-order valence-electron chi connectivity index (χ4n) is 1.23. The van der Waals surface area contributed by atoms with Gasteiger partial charge >= 0.3 is 6.09 Å². The maximum absolute atomic E-state index is 11.3. The molecule has 1 rings (SSSR count). The van der Waals surface area contributed by atoms with Crippen LogP contribution in [0.25, 0.3) is 0 Å². The van der Waals surface area contributed by atoms with Crippen molar-refractivity contribution in [1.29, 1.82) is 0 Å². The van der Waals surface area contributed by atoms with Crippen molar-refractivity contribution >= 4 is 23.3 Å². The number of hydrogen-bond acceptors (Lipinski definition) is 3. The number of nitrogens with one attached hydrogen (secondary N) is 1. The third kappa shape index (κ3) is 3.49. The predicted molar refractivity (Wildman–Crippen MR) is 58.1 cm³/mol. The molecule has 0 spiro atoms. The van der Waals surface area contributed by atoms with Gasteiger partial charge in [-0.1, -0.05) is 12.2 Å². The van der Waals surface area contributed by atoms with E-state index in [1.54, 1.807) is 13.8 Å². The summed E-state index contributed by atoms with van der Waals surface area (Å²) in [4.78, 5) is 11.6. The third-order valence-corrected chi connectivity index (χ3v) is 2.27. The van der Waals surface area contributed by atoms with Gasteiger partial charge in [-0.25, -0.2) is 4.79 Å². The number of ether oxygens (including phenoxy) is 1. The Bertz CT molecular complexity index is 239. The molecule has 1 aliphatic rings. The Morgan fingerprint density at radius 2 is 2.14 bits per heavy atom. The van der Waals surface area contributed by atoms with Gasteiger partial charge in [0, 0.05) is 0 Å². The molecule has 0 aliphatic heterocycles. The smallest absolute Gasteiger partial charge is 0.407 e. The lowest BCUT2D eigenvalue weighted by atomic mass is 10.2. The van der Waals surface area contributed by atoms with Crippen LogP contribution in [-0.2, 0) is 4.74 Å². The van der Waals surface area contributed by atoms with Crippen LogP contribution in [0.3, 0.4) is 0 Å². The van der Waals surface area contributed by atoms with E-state index >= 15 is 0 Å². The molecule has 0 heterocycles. The fraction of sp³-hybridized carbons (Fsp3) is 0.778. The third-order valence-electron chi connectivity index (χ3n) is 2.02. The molecule has 1 atom stereocenters. The van der Waals surface area contributed by atoms with Gasteiger partial charge in [0.05, 0.1) is 17.1 Å². The zero-order valence-corrected chi connectivity index (χ0v) is 9.26. The largest absolute Gasteiger partial charge is 0.447 e. The molecule has 14 heavy (non-hydrogen) atoms. The summed E-state index contributed by atoms with van der Waals surface area (Å²) in [7, 11) is 0. The Balaban J connectivity index is 2.39. The molecule has 80 valence electrons. The average Bonchev–Trinajstić information content (AvgIpc) is 2.80. The summed E-state index contributed by atoms with van der Waals surface area (Å²) in [5.74, 6) is 0.409. The first-order chi connectivity index (χ1) is 6.50. The van der Waals surface area contributed by atoms with Crippen molar-refractivity contribution in [2.45, 2.75) is 38.8 Å². The minimum absolute atomic E-state index is 0.124. The Labute approximate surface area is 89.2 Å². The normalized spacial score (nSPS) is 17.6. The summed E-state index contributed by atoms with van der Waals surface area (Å²) in [6.07, 6.45) is 1.58. The van der Waals surface area contributed by atoms with Gasteiger partial charge in [0.1, 0.15) is 0 Å². The van der Waals surface area contributed by atoms with E-state index in [4.69, 9.17) is 22.7 Å². The molecular weight excluding hydrogens is 200 g/mol. The number of hydrogen-bond donors (Lipinski definition) is 2. The van der Waals surface area contributed by atoms with Crippen LogP contribution in [0.15, 0.2) is 0 Å². The Kier molecular flexibility index (Phi) is 3.69. The van der Waals surface area contributed by atoms with Gasteiger partial charge in [0.2, 0.25) is 0 Å². The molecule has 0 aromatic carbocycles. The van der Waals surface area contributed by atoms with E-state index in [-0.39, 0.29) is 12.1 Å². The number of carbonyl (C=O) groups is 1. The summed E-state index contributed by atoms with van der Waals surface area (Å²) in [5.41, 5.74) is 5.52. The summed E-state index contributed by atoms with van der Waals surface area (Å²) >= 11 is 4.87. The number of nitrogens with two attached hydrogens (primary N) is 1. The van der Waals surface area contributed by atoms with Crippen molar-refractivity contribution in [3.05, 3.63) is 0 Å². The Morgan fingerprint density at radius 1 is 1.57 bits per heavy atom. The Hall–Kier alpha value is -0.840. The molecule has 1 amide bonds. The number of amides is 1. The second kappa shape index (κ2) is 4.59. The van der Waals surface area contributed by atoms with Gasteiger partial charge < -0.3 is 15.8 Å². The topological polar surface area (TPSA) is 64.3 Å². The van der Waals surface area contributed by atoms with Crippen LogP contribution in [0.5, 0.6) is 0 Å². The highest BCUT2D eigenvalue weighted by Gasteiger charge is 2.34. The maximum atomic E-state index is 11.3. The van der Waals surface area contributed by atoms with E-state index in [9.17, 15) is 4.79 Å². The predicted octanol–water partition coefficient (Wildman–Crippen LogP) is 1.19. The van der Waals surface area contributed by atoms with E-state index in [1.807, 2.05) is 0 Å². The van der Waals surface area contributed by atoms with Gasteiger partial charge in [-0.15, -0.1) is 0 Å². The minimum atomic E-state index is -0.440. The molecule has 1 unspecified atom stereocenters. The summed E-state index contributed by atoms with van der Waals surface area (Å²) in [6, 6.07) is -0.198. The van der Waals surface area contributed by atoms with Crippen molar-refractivity contribution in [3.63, 3.8) is 0 Å². The van der Waals surface area contributed by atoms with Crippen molar-refractivity contribution in [3.8, 4) is 0 Å². The first-order valence-electron chi connectivity index (χ1n) is 4.77. The minimum Gasteiger partial charge on any atom is -0.447 e. The van der Waals surface area contributed by atoms with Gasteiger partial charge in [-0.3, -0.25) is 0 Å². The molecule has 1 saturated carbocycles. The molecule has 5 heteroatoms. The van der Waals surface area contributed by atoms with E-state index < -0.39 is 6.09 Å². The summed E-state index contributed by atoms with van der Waals surface area (Å²) < 4.78 is 4.94. The molecule has 0 saturated heterocycles. The van der Waals surface area contributed by atoms with Gasteiger partial charge in [-0.05, 0) is 32.6 Å². The van der Waals surface area contributed by atoms with Crippen molar-refractivity contribution in [2.75, 3.05) is 0 Å². The van der Waals surface area contributed by atoms with Crippen LogP contribution in [-0.4, -0.2) is 23.2 Å². The van der Waals surface area contributed by atoms with E-state index in [0.717, 1.165) is 12.8 Å². The average molecular weight is 216 g/mol. The van der Waals surface area contributed by atoms with Crippen LogP contribution >= 0.6 is 12.2 Å². The highest BCUT2D eigenvalue weighted by Crippen LogP contribution is 2.32. The lowest BCUT2D eigenvalue weighted by Crippen LogP contribution is -2.45. The number of carbonyl (C=O) groups excluding carboxylic acids is 1. The molecule has 3 N–H and O–H groups in total. The van der Waals surface area contributed by atoms with Crippen LogP contribution in [0.2, 0.25) is 0 Å². The second-order valence-electron chi connectivity index (χ2n) is 3.82. The zero-order chi connectivity index (χ0) is 10.7. The standard InChI is InChI=1S/C9H16N2O2S/c1-5(2)13-9(12)11-7(8(10)14)6-3-4-6/h5-7H,3-4H2,1-2H3,(H2,10,14)(H,11,12). The highest BCUT2D eigenvalue weighted by molar-refractivity contribution is 7.80. The highest BCUT2D eigenvalue weighted by atomic mass is 32.1. The first kappa shape index (κ1) is 11.2. The monoisotopic (exact) mass is 216 g/mol. The number of alkyl carbamates (subject to hydrolysis) is 1. The maximum Gasteiger partial charge on any atom is 0.407 e. The van der Waals surface area contributed by atoms with Gasteiger partial charge in [-0.2, -0.15) is 0 Å². The SMILES string of the molecule is CC(C)OC(=O)NC(C(N)=S)C1CC1. The van der Waals surface area contributed by atoms with Crippen molar-refractivity contribution in [1.82, 2.24) is 5.32 Å². The molecule has 0 bridgehead atoms. The van der Waals surface area contributed by atoms with Gasteiger partial charge in [0.25, 0.3) is 0 Å². The van der Waals surface area contributed by atoms with E-state index in [1.165, 1.54) is 0 Å². The molecule has 0 radical (unpaired) electrons. The lowest BCUT2D eigenvalue weighted by Gasteiger charge is -2.17. The quantitative estimate of drug-likeness (QED) is 0.693. The number of thiocarbonyl (C=S) groups is 1. The van der Waals surface area contributed by atoms with E-state index in [2.05, 4.69) is 5.32 Å². The number of rotatable bonds is 4. The first-order valence-corrected chi connectivity index (χ1v) is 5.18. The van der Waals surface area contributed by atoms with Crippen molar-refractivity contribution < 1.29 is 9.53 Å². The van der Waals surface area contributed by atoms with Crippen LogP contribution in [0.4, 0.5) is 4.79 Å². The zero-order valence-electron chi connectivity index (χ0n) is 8.45. The van der Waals surface area contributed by atoms with E-state index in [0.29, 0.717) is 10.9 Å². The van der Waals surface area contributed by atoms with Crippen LogP contribution in [0, 0.1) is 5.92 Å². The van der Waals surface area contributed by atoms with Crippen LogP contribution < -0.4 is 11.1 Å². The van der Waals surface area contributed by atoms with Gasteiger partial charge in [0.15, 0.2) is 0 Å². The second-order valence-corrected chi connectivity index (χ2v) is 4.29. The van der Waals surface area contributed by atoms with Crippen molar-refractivity contribution in [2.24, 2.45) is 11.7 Å². The lowest BCUT2D eigenvalue weighted by molar-refractivity contribution is 0.113. The Morgan fingerprint density at radius 3 is 2.50 bits per heavy atom. The van der Waals surface area contributed by atoms with Crippen LogP contribution in [0.1, 0.15) is 26.7 Å². The summed E-state index contributed by atoms with van der Waals surface area (Å²) in [6.45, 7) is 3.60.